The van der Waals surface area contributed by atoms with Crippen LogP contribution in [0.15, 0.2) is 49.4 Å². The highest BCUT2D eigenvalue weighted by molar-refractivity contribution is 5.54. The monoisotopic (exact) mass is 532 g/mol. The van der Waals surface area contributed by atoms with Crippen LogP contribution in [-0.2, 0) is 11.3 Å². The number of pyridine rings is 1. The van der Waals surface area contributed by atoms with E-state index in [4.69, 9.17) is 9.72 Å². The highest BCUT2D eigenvalue weighted by Gasteiger charge is 2.41. The molecule has 3 aromatic rings. The molecule has 2 fully saturated rings. The van der Waals surface area contributed by atoms with E-state index in [1.165, 1.54) is 12.8 Å². The van der Waals surface area contributed by atoms with Gasteiger partial charge in [0, 0.05) is 55.3 Å². The van der Waals surface area contributed by atoms with Crippen LogP contribution in [0, 0.1) is 12.8 Å². The van der Waals surface area contributed by atoms with Crippen molar-refractivity contribution in [2.45, 2.75) is 82.4 Å². The number of nitrogens with zero attached hydrogens (tertiary/aromatic N) is 5. The summed E-state index contributed by atoms with van der Waals surface area (Å²) in [6.45, 7) is 8.94. The minimum absolute atomic E-state index is 0.0884. The van der Waals surface area contributed by atoms with E-state index in [2.05, 4.69) is 45.9 Å². The fourth-order valence-electron chi connectivity index (χ4n) is 6.74. The fourth-order valence-corrected chi connectivity index (χ4v) is 6.74. The predicted molar refractivity (Wildman–Crippen MR) is 155 cm³/mol. The standard InChI is InChI=1S/C31H44N6O2/c1-4-5-14-31(22-38,39-3)26-8-10-27(11-9-26)36-16-12-25(13-17-36)28-18-29(33-21-24-7-6-15-32-20-24)37-30(35-28)23(2)19-34-37/h4,6-7,15,18-20,25-27,33,38H,1,5,8-14,16-17,21-22H2,2-3H3. The molecule has 4 heterocycles. The Balaban J connectivity index is 1.21. The van der Waals surface area contributed by atoms with E-state index in [-0.39, 0.29) is 6.61 Å². The minimum atomic E-state index is -0.426. The summed E-state index contributed by atoms with van der Waals surface area (Å²) in [6, 6.07) is 6.87. The number of hydrogen-bond donors (Lipinski definition) is 2. The number of allylic oxidation sites excluding steroid dienone is 1. The molecule has 0 radical (unpaired) electrons. The van der Waals surface area contributed by atoms with Crippen molar-refractivity contribution in [3.63, 3.8) is 0 Å². The van der Waals surface area contributed by atoms with Crippen molar-refractivity contribution >= 4 is 11.5 Å². The van der Waals surface area contributed by atoms with Crippen molar-refractivity contribution in [3.8, 4) is 0 Å². The molecule has 0 aromatic carbocycles. The zero-order chi connectivity index (χ0) is 27.2. The van der Waals surface area contributed by atoms with E-state index in [0.29, 0.717) is 24.4 Å². The highest BCUT2D eigenvalue weighted by Crippen LogP contribution is 2.40. The van der Waals surface area contributed by atoms with Gasteiger partial charge < -0.3 is 20.1 Å². The summed E-state index contributed by atoms with van der Waals surface area (Å²) in [5, 5.41) is 18.4. The van der Waals surface area contributed by atoms with Gasteiger partial charge in [-0.2, -0.15) is 9.61 Å². The number of anilines is 1. The Labute approximate surface area is 232 Å². The van der Waals surface area contributed by atoms with Crippen molar-refractivity contribution in [1.29, 1.82) is 0 Å². The Morgan fingerprint density at radius 1 is 1.18 bits per heavy atom. The van der Waals surface area contributed by atoms with Gasteiger partial charge in [0.1, 0.15) is 5.82 Å². The van der Waals surface area contributed by atoms with Crippen molar-refractivity contribution in [3.05, 3.63) is 66.3 Å². The molecule has 2 aliphatic rings. The molecule has 3 aromatic heterocycles. The molecule has 1 aliphatic heterocycles. The molecule has 5 rings (SSSR count). The molecule has 210 valence electrons. The summed E-state index contributed by atoms with van der Waals surface area (Å²) < 4.78 is 7.85. The smallest absolute Gasteiger partial charge is 0.160 e. The number of methoxy groups -OCH3 is 1. The van der Waals surface area contributed by atoms with Gasteiger partial charge >= 0.3 is 0 Å². The van der Waals surface area contributed by atoms with E-state index in [9.17, 15) is 5.11 Å². The SMILES string of the molecule is C=CCCC(CO)(OC)C1CCC(N2CCC(c3cc(NCc4cccnc4)n4ncc(C)c4n3)CC2)CC1. The lowest BCUT2D eigenvalue weighted by molar-refractivity contribution is -0.111. The lowest BCUT2D eigenvalue weighted by atomic mass is 9.73. The van der Waals surface area contributed by atoms with Gasteiger partial charge in [-0.1, -0.05) is 12.1 Å². The van der Waals surface area contributed by atoms with E-state index >= 15 is 0 Å². The van der Waals surface area contributed by atoms with E-state index in [0.717, 1.165) is 79.9 Å². The lowest BCUT2D eigenvalue weighted by Gasteiger charge is -2.45. The maximum absolute atomic E-state index is 10.2. The number of hydrogen-bond acceptors (Lipinski definition) is 7. The molecule has 1 unspecified atom stereocenters. The molecule has 8 nitrogen and oxygen atoms in total. The summed E-state index contributed by atoms with van der Waals surface area (Å²) in [4.78, 5) is 12.0. The molecule has 39 heavy (non-hydrogen) atoms. The molecule has 0 spiro atoms. The summed E-state index contributed by atoms with van der Waals surface area (Å²) in [5.41, 5.74) is 3.91. The molecule has 1 saturated carbocycles. The molecule has 0 bridgehead atoms. The second-order valence-electron chi connectivity index (χ2n) is 11.4. The van der Waals surface area contributed by atoms with Crippen molar-refractivity contribution in [2.24, 2.45) is 5.92 Å². The molecule has 1 saturated heterocycles. The zero-order valence-electron chi connectivity index (χ0n) is 23.6. The lowest BCUT2D eigenvalue weighted by Crippen LogP contribution is -2.49. The van der Waals surface area contributed by atoms with Crippen molar-refractivity contribution in [2.75, 3.05) is 32.1 Å². The first kappa shape index (κ1) is 27.7. The third-order valence-corrected chi connectivity index (χ3v) is 9.22. The van der Waals surface area contributed by atoms with Crippen LogP contribution in [0.4, 0.5) is 5.82 Å². The third-order valence-electron chi connectivity index (χ3n) is 9.22. The zero-order valence-corrected chi connectivity index (χ0v) is 23.6. The van der Waals surface area contributed by atoms with Gasteiger partial charge in [-0.3, -0.25) is 4.98 Å². The van der Waals surface area contributed by atoms with Gasteiger partial charge in [0.05, 0.1) is 18.4 Å². The van der Waals surface area contributed by atoms with E-state index in [1.807, 2.05) is 29.1 Å². The van der Waals surface area contributed by atoms with Gasteiger partial charge in [-0.25, -0.2) is 4.98 Å². The predicted octanol–water partition coefficient (Wildman–Crippen LogP) is 5.13. The van der Waals surface area contributed by atoms with Crippen LogP contribution < -0.4 is 5.32 Å². The molecule has 0 amide bonds. The Morgan fingerprint density at radius 3 is 2.64 bits per heavy atom. The van der Waals surface area contributed by atoms with Crippen molar-refractivity contribution < 1.29 is 9.84 Å². The van der Waals surface area contributed by atoms with Crippen LogP contribution in [-0.4, -0.2) is 68.0 Å². The number of aliphatic hydroxyl groups is 1. The summed E-state index contributed by atoms with van der Waals surface area (Å²) in [5.74, 6) is 1.84. The average molecular weight is 533 g/mol. The number of ether oxygens (including phenoxy) is 1. The molecule has 2 N–H and O–H groups in total. The average Bonchev–Trinajstić information content (AvgIpc) is 3.38. The van der Waals surface area contributed by atoms with Crippen molar-refractivity contribution in [1.82, 2.24) is 24.5 Å². The number of fused-ring (bicyclic) bond motifs is 1. The molecular weight excluding hydrogens is 488 g/mol. The first-order valence-electron chi connectivity index (χ1n) is 14.6. The van der Waals surface area contributed by atoms with Gasteiger partial charge in [0.15, 0.2) is 5.65 Å². The van der Waals surface area contributed by atoms with Crippen LogP contribution in [0.25, 0.3) is 5.65 Å². The molecule has 8 heteroatoms. The second-order valence-corrected chi connectivity index (χ2v) is 11.4. The maximum atomic E-state index is 10.2. The molecular formula is C31H44N6O2. The number of aryl methyl sites for hydroxylation is 1. The topological polar surface area (TPSA) is 87.8 Å². The maximum Gasteiger partial charge on any atom is 0.160 e. The number of aliphatic hydroxyl groups excluding tert-OH is 1. The van der Waals surface area contributed by atoms with E-state index < -0.39 is 5.60 Å². The van der Waals surface area contributed by atoms with Gasteiger partial charge in [0.25, 0.3) is 0 Å². The molecule has 1 aliphatic carbocycles. The number of nitrogens with one attached hydrogen (secondary N) is 1. The van der Waals surface area contributed by atoms with Gasteiger partial charge in [-0.15, -0.1) is 6.58 Å². The largest absolute Gasteiger partial charge is 0.393 e. The first-order chi connectivity index (χ1) is 19.1. The number of aromatic nitrogens is 4. The summed E-state index contributed by atoms with van der Waals surface area (Å²) in [6.07, 6.45) is 16.1. The van der Waals surface area contributed by atoms with Crippen LogP contribution in [0.5, 0.6) is 0 Å². The van der Waals surface area contributed by atoms with Crippen LogP contribution >= 0.6 is 0 Å². The number of likely N-dealkylation sites (tertiary alicyclic amines) is 1. The van der Waals surface area contributed by atoms with Crippen LogP contribution in [0.1, 0.15) is 74.1 Å². The Kier molecular flexibility index (Phi) is 8.95. The quantitative estimate of drug-likeness (QED) is 0.331. The minimum Gasteiger partial charge on any atom is -0.393 e. The summed E-state index contributed by atoms with van der Waals surface area (Å²) in [7, 11) is 1.76. The summed E-state index contributed by atoms with van der Waals surface area (Å²) >= 11 is 0. The number of piperidine rings is 1. The Bertz CT molecular complexity index is 1210. The van der Waals surface area contributed by atoms with Crippen LogP contribution in [0.3, 0.4) is 0 Å². The normalized spacial score (nSPS) is 22.5. The highest BCUT2D eigenvalue weighted by atomic mass is 16.5. The fraction of sp³-hybridized carbons (Fsp3) is 0.581. The Morgan fingerprint density at radius 2 is 1.97 bits per heavy atom. The Hall–Kier alpha value is -2.81. The molecule has 1 atom stereocenters. The van der Waals surface area contributed by atoms with E-state index in [1.54, 1.807) is 13.3 Å². The van der Waals surface area contributed by atoms with Gasteiger partial charge in [0.2, 0.25) is 0 Å². The van der Waals surface area contributed by atoms with Gasteiger partial charge in [-0.05, 0) is 88.9 Å². The first-order valence-corrected chi connectivity index (χ1v) is 14.6. The third kappa shape index (κ3) is 6.03. The van der Waals surface area contributed by atoms with Crippen LogP contribution in [0.2, 0.25) is 0 Å². The number of rotatable bonds is 11. The second kappa shape index (κ2) is 12.6.